The van der Waals surface area contributed by atoms with Crippen LogP contribution in [-0.4, -0.2) is 25.3 Å². The largest absolute Gasteiger partial charge is 0.449 e. The van der Waals surface area contributed by atoms with Gasteiger partial charge in [-0.2, -0.15) is 0 Å². The number of rotatable bonds is 5. The van der Waals surface area contributed by atoms with Crippen molar-refractivity contribution in [1.29, 1.82) is 0 Å². The molecule has 1 aliphatic carbocycles. The lowest BCUT2D eigenvalue weighted by molar-refractivity contribution is 0.0779. The van der Waals surface area contributed by atoms with Crippen molar-refractivity contribution in [3.05, 3.63) is 35.9 Å². The first kappa shape index (κ1) is 17.8. The third-order valence-electron chi connectivity index (χ3n) is 4.60. The van der Waals surface area contributed by atoms with Crippen molar-refractivity contribution < 1.29 is 9.53 Å². The van der Waals surface area contributed by atoms with E-state index < -0.39 is 0 Å². The van der Waals surface area contributed by atoms with Gasteiger partial charge in [-0.25, -0.2) is 4.79 Å². The van der Waals surface area contributed by atoms with Crippen LogP contribution in [0.5, 0.6) is 0 Å². The van der Waals surface area contributed by atoms with Crippen molar-refractivity contribution in [2.24, 2.45) is 16.6 Å². The van der Waals surface area contributed by atoms with Crippen molar-refractivity contribution >= 4 is 6.09 Å². The van der Waals surface area contributed by atoms with Gasteiger partial charge in [0.25, 0.3) is 0 Å². The molecule has 3 N–H and O–H groups in total. The molecule has 128 valence electrons. The predicted molar refractivity (Wildman–Crippen MR) is 93.2 cm³/mol. The van der Waals surface area contributed by atoms with E-state index in [0.717, 1.165) is 25.7 Å². The van der Waals surface area contributed by atoms with Gasteiger partial charge in [-0.05, 0) is 35.7 Å². The number of hydrogen-bond donors (Lipinski definition) is 2. The van der Waals surface area contributed by atoms with Crippen LogP contribution in [-0.2, 0) is 11.2 Å². The summed E-state index contributed by atoms with van der Waals surface area (Å²) in [5.74, 6) is 0. The molecule has 2 unspecified atom stereocenters. The fourth-order valence-corrected chi connectivity index (χ4v) is 4.09. The molecule has 0 aromatic heterocycles. The first-order valence-electron chi connectivity index (χ1n) is 8.48. The summed E-state index contributed by atoms with van der Waals surface area (Å²) >= 11 is 0. The summed E-state index contributed by atoms with van der Waals surface area (Å²) in [5.41, 5.74) is 7.64. The van der Waals surface area contributed by atoms with Gasteiger partial charge in [-0.15, -0.1) is 0 Å². The lowest BCUT2D eigenvalue weighted by Crippen LogP contribution is -2.47. The van der Waals surface area contributed by atoms with Gasteiger partial charge in [-0.1, -0.05) is 51.1 Å². The fourth-order valence-electron chi connectivity index (χ4n) is 4.09. The van der Waals surface area contributed by atoms with E-state index in [1.54, 1.807) is 0 Å². The van der Waals surface area contributed by atoms with Gasteiger partial charge >= 0.3 is 6.09 Å². The highest BCUT2D eigenvalue weighted by Crippen LogP contribution is 2.45. The van der Waals surface area contributed by atoms with E-state index in [1.165, 1.54) is 5.56 Å². The molecule has 0 heterocycles. The summed E-state index contributed by atoms with van der Waals surface area (Å²) in [7, 11) is 0. The summed E-state index contributed by atoms with van der Waals surface area (Å²) < 4.78 is 5.28. The van der Waals surface area contributed by atoms with Gasteiger partial charge in [0.1, 0.15) is 0 Å². The van der Waals surface area contributed by atoms with E-state index in [2.05, 4.69) is 26.1 Å². The molecule has 0 saturated heterocycles. The van der Waals surface area contributed by atoms with Gasteiger partial charge in [0.05, 0.1) is 6.61 Å². The van der Waals surface area contributed by atoms with Gasteiger partial charge < -0.3 is 15.8 Å². The van der Waals surface area contributed by atoms with Gasteiger partial charge in [0, 0.05) is 19.0 Å². The Morgan fingerprint density at radius 1 is 1.26 bits per heavy atom. The molecular formula is C19H30N2O2. The molecule has 0 spiro atoms. The van der Waals surface area contributed by atoms with Crippen molar-refractivity contribution in [2.75, 3.05) is 13.2 Å². The SMILES string of the molecule is CC1(C)CC(N)CC(C)(CNC(=O)OCCc2ccccc2)C1. The smallest absolute Gasteiger partial charge is 0.407 e. The number of carbonyl (C=O) groups excluding carboxylic acids is 1. The number of carbonyl (C=O) groups is 1. The Kier molecular flexibility index (Phi) is 5.69. The van der Waals surface area contributed by atoms with E-state index in [-0.39, 0.29) is 23.0 Å². The minimum Gasteiger partial charge on any atom is -0.449 e. The number of nitrogens with one attached hydrogen (secondary N) is 1. The maximum Gasteiger partial charge on any atom is 0.407 e. The molecule has 1 aromatic carbocycles. The number of nitrogens with two attached hydrogens (primary N) is 1. The van der Waals surface area contributed by atoms with Crippen LogP contribution < -0.4 is 11.1 Å². The average molecular weight is 318 g/mol. The number of amides is 1. The zero-order valence-electron chi connectivity index (χ0n) is 14.6. The molecule has 1 fully saturated rings. The molecule has 1 amide bonds. The van der Waals surface area contributed by atoms with Gasteiger partial charge in [0.15, 0.2) is 0 Å². The van der Waals surface area contributed by atoms with Crippen LogP contribution in [0.25, 0.3) is 0 Å². The van der Waals surface area contributed by atoms with Crippen LogP contribution in [0.15, 0.2) is 30.3 Å². The van der Waals surface area contributed by atoms with Crippen LogP contribution in [0.4, 0.5) is 4.79 Å². The Labute approximate surface area is 139 Å². The topological polar surface area (TPSA) is 64.3 Å². The van der Waals surface area contributed by atoms with E-state index in [0.29, 0.717) is 13.2 Å². The molecule has 1 aliphatic rings. The quantitative estimate of drug-likeness (QED) is 0.873. The molecule has 4 nitrogen and oxygen atoms in total. The molecule has 1 saturated carbocycles. The highest BCUT2D eigenvalue weighted by Gasteiger charge is 2.40. The Morgan fingerprint density at radius 2 is 1.96 bits per heavy atom. The van der Waals surface area contributed by atoms with E-state index >= 15 is 0 Å². The molecule has 0 radical (unpaired) electrons. The number of benzene rings is 1. The minimum absolute atomic E-state index is 0.0413. The van der Waals surface area contributed by atoms with Crippen molar-refractivity contribution in [1.82, 2.24) is 5.32 Å². The Balaban J connectivity index is 1.73. The summed E-state index contributed by atoms with van der Waals surface area (Å²) in [6.07, 6.45) is 3.46. The second-order valence-corrected chi connectivity index (χ2v) is 8.05. The van der Waals surface area contributed by atoms with Crippen LogP contribution in [0.2, 0.25) is 0 Å². The Morgan fingerprint density at radius 3 is 2.61 bits per heavy atom. The van der Waals surface area contributed by atoms with Crippen LogP contribution in [0.1, 0.15) is 45.6 Å². The van der Waals surface area contributed by atoms with E-state index in [9.17, 15) is 4.79 Å². The highest BCUT2D eigenvalue weighted by atomic mass is 16.5. The average Bonchev–Trinajstić information content (AvgIpc) is 2.44. The minimum atomic E-state index is -0.334. The zero-order chi connectivity index (χ0) is 16.9. The number of ether oxygens (including phenoxy) is 1. The molecular weight excluding hydrogens is 288 g/mol. The first-order chi connectivity index (χ1) is 10.8. The Hall–Kier alpha value is -1.55. The van der Waals surface area contributed by atoms with Crippen molar-refractivity contribution in [3.8, 4) is 0 Å². The predicted octanol–water partition coefficient (Wildman–Crippen LogP) is 3.50. The second kappa shape index (κ2) is 7.35. The molecule has 4 heteroatoms. The molecule has 23 heavy (non-hydrogen) atoms. The maximum absolute atomic E-state index is 11.9. The van der Waals surface area contributed by atoms with Gasteiger partial charge in [0.2, 0.25) is 0 Å². The second-order valence-electron chi connectivity index (χ2n) is 8.05. The number of hydrogen-bond acceptors (Lipinski definition) is 3. The first-order valence-corrected chi connectivity index (χ1v) is 8.48. The van der Waals surface area contributed by atoms with Crippen LogP contribution in [0, 0.1) is 10.8 Å². The molecule has 1 aromatic rings. The van der Waals surface area contributed by atoms with E-state index in [1.807, 2.05) is 30.3 Å². The molecule has 2 atom stereocenters. The molecule has 2 rings (SSSR count). The maximum atomic E-state index is 11.9. The lowest BCUT2D eigenvalue weighted by Gasteiger charge is -2.45. The zero-order valence-corrected chi connectivity index (χ0v) is 14.6. The van der Waals surface area contributed by atoms with Crippen molar-refractivity contribution in [3.63, 3.8) is 0 Å². The normalized spacial score (nSPS) is 26.5. The standard InChI is InChI=1S/C19H30N2O2/c1-18(2)11-16(20)12-19(3,13-18)14-21-17(22)23-10-9-15-7-5-4-6-8-15/h4-8,16H,9-14,20H2,1-3H3,(H,21,22). The third-order valence-corrected chi connectivity index (χ3v) is 4.60. The summed E-state index contributed by atoms with van der Waals surface area (Å²) in [4.78, 5) is 11.9. The lowest BCUT2D eigenvalue weighted by atomic mass is 9.63. The summed E-state index contributed by atoms with van der Waals surface area (Å²) in [6, 6.07) is 10.2. The fraction of sp³-hybridized carbons (Fsp3) is 0.632. The molecule has 0 aliphatic heterocycles. The monoisotopic (exact) mass is 318 g/mol. The van der Waals surface area contributed by atoms with E-state index in [4.69, 9.17) is 10.5 Å². The van der Waals surface area contributed by atoms with Crippen LogP contribution in [0.3, 0.4) is 0 Å². The Bertz CT molecular complexity index is 515. The number of alkyl carbamates (subject to hydrolysis) is 1. The molecule has 0 bridgehead atoms. The highest BCUT2D eigenvalue weighted by molar-refractivity contribution is 5.67. The van der Waals surface area contributed by atoms with Crippen molar-refractivity contribution in [2.45, 2.75) is 52.5 Å². The van der Waals surface area contributed by atoms with Crippen LogP contribution >= 0.6 is 0 Å². The summed E-state index contributed by atoms with van der Waals surface area (Å²) in [5, 5.41) is 2.92. The summed E-state index contributed by atoms with van der Waals surface area (Å²) in [6.45, 7) is 7.73. The third kappa shape index (κ3) is 5.87. The van der Waals surface area contributed by atoms with Gasteiger partial charge in [-0.3, -0.25) is 0 Å².